The molecule has 0 aromatic heterocycles. The fourth-order valence-electron chi connectivity index (χ4n) is 1.01. The summed E-state index contributed by atoms with van der Waals surface area (Å²) in [6.45, 7) is 8.19. The Bertz CT molecular complexity index is 207. The van der Waals surface area contributed by atoms with Gasteiger partial charge in [0.25, 0.3) is 0 Å². The summed E-state index contributed by atoms with van der Waals surface area (Å²) in [6.07, 6.45) is 0.627. The van der Waals surface area contributed by atoms with E-state index in [0.29, 0.717) is 18.9 Å². The molecule has 3 heteroatoms. The molecular weight excluding hydrogens is 154 g/mol. The standard InChI is InChI=1S/C9H17NO2/c1-5-9(4,11)7-10-8(2,3)6-12-7/h11H,5-6H2,1-4H3. The minimum absolute atomic E-state index is 0.172. The van der Waals surface area contributed by atoms with Crippen LogP contribution in [0.1, 0.15) is 34.1 Å². The van der Waals surface area contributed by atoms with Crippen LogP contribution < -0.4 is 0 Å². The van der Waals surface area contributed by atoms with Gasteiger partial charge in [-0.3, -0.25) is 0 Å². The molecule has 0 radical (unpaired) electrons. The van der Waals surface area contributed by atoms with Crippen LogP contribution >= 0.6 is 0 Å². The van der Waals surface area contributed by atoms with Gasteiger partial charge in [-0.2, -0.15) is 0 Å². The Labute approximate surface area is 73.5 Å². The molecule has 0 aliphatic carbocycles. The van der Waals surface area contributed by atoms with Crippen LogP contribution in [-0.2, 0) is 4.74 Å². The molecule has 0 spiro atoms. The van der Waals surface area contributed by atoms with Crippen LogP contribution in [0.5, 0.6) is 0 Å². The van der Waals surface area contributed by atoms with Gasteiger partial charge in [-0.15, -0.1) is 0 Å². The van der Waals surface area contributed by atoms with Crippen molar-refractivity contribution in [1.29, 1.82) is 0 Å². The highest BCUT2D eigenvalue weighted by Crippen LogP contribution is 2.24. The number of rotatable bonds is 2. The minimum Gasteiger partial charge on any atom is -0.476 e. The van der Waals surface area contributed by atoms with Crippen LogP contribution in [0.15, 0.2) is 4.99 Å². The fourth-order valence-corrected chi connectivity index (χ4v) is 1.01. The van der Waals surface area contributed by atoms with Crippen molar-refractivity contribution in [2.45, 2.75) is 45.3 Å². The highest BCUT2D eigenvalue weighted by molar-refractivity contribution is 5.86. The summed E-state index contributed by atoms with van der Waals surface area (Å²) in [4.78, 5) is 4.31. The summed E-state index contributed by atoms with van der Waals surface area (Å²) in [5, 5.41) is 9.80. The van der Waals surface area contributed by atoms with E-state index in [1.807, 2.05) is 20.8 Å². The van der Waals surface area contributed by atoms with E-state index in [0.717, 1.165) is 0 Å². The van der Waals surface area contributed by atoms with Crippen molar-refractivity contribution >= 4 is 5.90 Å². The van der Waals surface area contributed by atoms with E-state index in [4.69, 9.17) is 4.74 Å². The Morgan fingerprint density at radius 3 is 2.58 bits per heavy atom. The van der Waals surface area contributed by atoms with E-state index >= 15 is 0 Å². The second kappa shape index (κ2) is 2.73. The molecular formula is C9H17NO2. The van der Waals surface area contributed by atoms with Gasteiger partial charge in [-0.05, 0) is 27.2 Å². The molecule has 0 aromatic rings. The quantitative estimate of drug-likeness (QED) is 0.681. The molecule has 0 saturated carbocycles. The lowest BCUT2D eigenvalue weighted by Gasteiger charge is -2.19. The smallest absolute Gasteiger partial charge is 0.216 e. The first kappa shape index (κ1) is 9.52. The number of aliphatic hydroxyl groups is 1. The molecule has 1 rings (SSSR count). The summed E-state index contributed by atoms with van der Waals surface area (Å²) >= 11 is 0. The van der Waals surface area contributed by atoms with Crippen LogP contribution in [0.4, 0.5) is 0 Å². The van der Waals surface area contributed by atoms with Gasteiger partial charge in [0.15, 0.2) is 0 Å². The molecule has 70 valence electrons. The maximum atomic E-state index is 9.80. The van der Waals surface area contributed by atoms with E-state index in [-0.39, 0.29) is 5.54 Å². The van der Waals surface area contributed by atoms with Gasteiger partial charge in [0.2, 0.25) is 5.90 Å². The fraction of sp³-hybridized carbons (Fsp3) is 0.889. The van der Waals surface area contributed by atoms with Crippen molar-refractivity contribution in [2.75, 3.05) is 6.61 Å². The first-order chi connectivity index (χ1) is 5.37. The molecule has 3 nitrogen and oxygen atoms in total. The van der Waals surface area contributed by atoms with Gasteiger partial charge in [0.05, 0.1) is 5.54 Å². The van der Waals surface area contributed by atoms with Gasteiger partial charge >= 0.3 is 0 Å². The van der Waals surface area contributed by atoms with E-state index in [1.165, 1.54) is 0 Å². The van der Waals surface area contributed by atoms with Gasteiger partial charge < -0.3 is 9.84 Å². The Kier molecular flexibility index (Phi) is 2.17. The summed E-state index contributed by atoms with van der Waals surface area (Å²) in [6, 6.07) is 0. The zero-order valence-electron chi connectivity index (χ0n) is 8.22. The van der Waals surface area contributed by atoms with E-state index in [9.17, 15) is 5.11 Å². The number of hydrogen-bond donors (Lipinski definition) is 1. The number of nitrogens with zero attached hydrogens (tertiary/aromatic N) is 1. The monoisotopic (exact) mass is 171 g/mol. The van der Waals surface area contributed by atoms with Crippen LogP contribution in [-0.4, -0.2) is 28.8 Å². The summed E-state index contributed by atoms with van der Waals surface area (Å²) < 4.78 is 5.32. The van der Waals surface area contributed by atoms with Crippen LogP contribution in [0.3, 0.4) is 0 Å². The minimum atomic E-state index is -0.895. The van der Waals surface area contributed by atoms with Gasteiger partial charge in [-0.1, -0.05) is 6.92 Å². The average Bonchev–Trinajstić information content (AvgIpc) is 2.31. The third-order valence-electron chi connectivity index (χ3n) is 2.12. The third kappa shape index (κ3) is 1.78. The zero-order chi connectivity index (χ0) is 9.41. The average molecular weight is 171 g/mol. The Morgan fingerprint density at radius 1 is 1.67 bits per heavy atom. The van der Waals surface area contributed by atoms with Crippen molar-refractivity contribution in [1.82, 2.24) is 0 Å². The Morgan fingerprint density at radius 2 is 2.25 bits per heavy atom. The maximum absolute atomic E-state index is 9.80. The predicted octanol–water partition coefficient (Wildman–Crippen LogP) is 1.35. The maximum Gasteiger partial charge on any atom is 0.216 e. The molecule has 0 bridgehead atoms. The van der Waals surface area contributed by atoms with Crippen molar-refractivity contribution in [2.24, 2.45) is 4.99 Å². The molecule has 1 atom stereocenters. The lowest BCUT2D eigenvalue weighted by atomic mass is 10.0. The molecule has 1 heterocycles. The van der Waals surface area contributed by atoms with Gasteiger partial charge in [0.1, 0.15) is 12.2 Å². The first-order valence-corrected chi connectivity index (χ1v) is 4.33. The Hall–Kier alpha value is -0.570. The molecule has 0 saturated heterocycles. The lowest BCUT2D eigenvalue weighted by Crippen LogP contribution is -2.34. The molecule has 1 unspecified atom stereocenters. The second-order valence-electron chi connectivity index (χ2n) is 4.15. The first-order valence-electron chi connectivity index (χ1n) is 4.33. The number of aliphatic imine (C=N–C) groups is 1. The number of ether oxygens (including phenoxy) is 1. The third-order valence-corrected chi connectivity index (χ3v) is 2.12. The summed E-state index contributed by atoms with van der Waals surface area (Å²) in [7, 11) is 0. The molecule has 1 aliphatic heterocycles. The van der Waals surface area contributed by atoms with Gasteiger partial charge in [0, 0.05) is 0 Å². The van der Waals surface area contributed by atoms with Crippen LogP contribution in [0.25, 0.3) is 0 Å². The van der Waals surface area contributed by atoms with Crippen molar-refractivity contribution < 1.29 is 9.84 Å². The lowest BCUT2D eigenvalue weighted by molar-refractivity contribution is 0.0976. The topological polar surface area (TPSA) is 41.8 Å². The normalized spacial score (nSPS) is 25.9. The van der Waals surface area contributed by atoms with Crippen LogP contribution in [0.2, 0.25) is 0 Å². The molecule has 0 aromatic carbocycles. The summed E-state index contributed by atoms with van der Waals surface area (Å²) in [5.41, 5.74) is -1.07. The molecule has 0 fully saturated rings. The highest BCUT2D eigenvalue weighted by Gasteiger charge is 2.36. The number of hydrogen-bond acceptors (Lipinski definition) is 3. The van der Waals surface area contributed by atoms with Crippen molar-refractivity contribution in [3.63, 3.8) is 0 Å². The van der Waals surface area contributed by atoms with E-state index in [1.54, 1.807) is 6.92 Å². The second-order valence-corrected chi connectivity index (χ2v) is 4.15. The SMILES string of the molecule is CCC(C)(O)C1=NC(C)(C)CO1. The summed E-state index contributed by atoms with van der Waals surface area (Å²) in [5.74, 6) is 0.481. The van der Waals surface area contributed by atoms with Crippen molar-refractivity contribution in [3.05, 3.63) is 0 Å². The highest BCUT2D eigenvalue weighted by atomic mass is 16.5. The van der Waals surface area contributed by atoms with Gasteiger partial charge in [-0.25, -0.2) is 4.99 Å². The molecule has 12 heavy (non-hydrogen) atoms. The van der Waals surface area contributed by atoms with E-state index < -0.39 is 5.60 Å². The largest absolute Gasteiger partial charge is 0.476 e. The predicted molar refractivity (Wildman–Crippen MR) is 48.4 cm³/mol. The molecule has 1 aliphatic rings. The molecule has 1 N–H and O–H groups in total. The zero-order valence-corrected chi connectivity index (χ0v) is 8.22. The van der Waals surface area contributed by atoms with Crippen molar-refractivity contribution in [3.8, 4) is 0 Å². The van der Waals surface area contributed by atoms with Crippen LogP contribution in [0, 0.1) is 0 Å². The Balaban J connectivity index is 2.79. The molecule has 0 amide bonds. The van der Waals surface area contributed by atoms with E-state index in [2.05, 4.69) is 4.99 Å².